The first-order chi connectivity index (χ1) is 10.7. The van der Waals surface area contributed by atoms with Crippen LogP contribution in [0.25, 0.3) is 0 Å². The summed E-state index contributed by atoms with van der Waals surface area (Å²) in [5.41, 5.74) is 2.13. The van der Waals surface area contributed by atoms with Crippen molar-refractivity contribution >= 4 is 35.8 Å². The zero-order valence-electron chi connectivity index (χ0n) is 12.2. The van der Waals surface area contributed by atoms with Crippen LogP contribution in [0.2, 0.25) is 0 Å². The third kappa shape index (κ3) is 2.60. The minimum absolute atomic E-state index is 0.438. The van der Waals surface area contributed by atoms with Crippen LogP contribution < -0.4 is 4.90 Å². The standard InChI is InChI=1S/C17H16N2O2S/c1-18(12-21)13(11-20)10-19-14-6-2-4-8-16(14)22-17-9-5-3-7-15(17)19/h2-9,11-13H,10H2,1H3/t13-/m1/s1. The van der Waals surface area contributed by atoms with Gasteiger partial charge in [-0.25, -0.2) is 0 Å². The molecule has 0 bridgehead atoms. The molecule has 3 rings (SSSR count). The molecule has 4 nitrogen and oxygen atoms in total. The normalized spacial score (nSPS) is 13.8. The number of carbonyl (C=O) groups excluding carboxylic acids is 2. The average molecular weight is 312 g/mol. The summed E-state index contributed by atoms with van der Waals surface area (Å²) in [6.45, 7) is 0.438. The summed E-state index contributed by atoms with van der Waals surface area (Å²) < 4.78 is 0. The number of fused-ring (bicyclic) bond motifs is 2. The minimum atomic E-state index is -0.485. The van der Waals surface area contributed by atoms with Crippen LogP contribution in [0.4, 0.5) is 11.4 Å². The highest BCUT2D eigenvalue weighted by atomic mass is 32.2. The maximum atomic E-state index is 11.4. The van der Waals surface area contributed by atoms with Gasteiger partial charge in [0.2, 0.25) is 6.41 Å². The van der Waals surface area contributed by atoms with E-state index in [1.807, 2.05) is 36.4 Å². The number of benzene rings is 2. The van der Waals surface area contributed by atoms with Crippen LogP contribution >= 0.6 is 11.8 Å². The highest BCUT2D eigenvalue weighted by Crippen LogP contribution is 2.47. The summed E-state index contributed by atoms with van der Waals surface area (Å²) in [6.07, 6.45) is 1.51. The SMILES string of the molecule is CN(C=O)[C@@H](C=O)CN1c2ccccc2Sc2ccccc21. The van der Waals surface area contributed by atoms with Crippen LogP contribution in [-0.4, -0.2) is 37.2 Å². The first-order valence-electron chi connectivity index (χ1n) is 7.00. The Bertz CT molecular complexity index is 659. The molecule has 5 heteroatoms. The Kier molecular flexibility index (Phi) is 4.15. The van der Waals surface area contributed by atoms with Crippen molar-refractivity contribution in [2.45, 2.75) is 15.8 Å². The summed E-state index contributed by atoms with van der Waals surface area (Å²) in [5.74, 6) is 0. The summed E-state index contributed by atoms with van der Waals surface area (Å²) in [5, 5.41) is 0. The van der Waals surface area contributed by atoms with E-state index in [0.29, 0.717) is 13.0 Å². The van der Waals surface area contributed by atoms with Crippen LogP contribution in [0.5, 0.6) is 0 Å². The van der Waals surface area contributed by atoms with Crippen molar-refractivity contribution in [3.8, 4) is 0 Å². The second kappa shape index (κ2) is 6.23. The van der Waals surface area contributed by atoms with E-state index in [1.165, 1.54) is 4.90 Å². The molecule has 1 aliphatic rings. The van der Waals surface area contributed by atoms with Crippen LogP contribution in [-0.2, 0) is 9.59 Å². The van der Waals surface area contributed by atoms with E-state index in [2.05, 4.69) is 17.0 Å². The van der Waals surface area contributed by atoms with E-state index in [4.69, 9.17) is 0 Å². The second-order valence-electron chi connectivity index (χ2n) is 5.12. The third-order valence-corrected chi connectivity index (χ3v) is 4.88. The molecule has 1 atom stereocenters. The number of nitrogens with zero attached hydrogens (tertiary/aromatic N) is 2. The Morgan fingerprint density at radius 1 is 1.05 bits per heavy atom. The molecule has 0 unspecified atom stereocenters. The van der Waals surface area contributed by atoms with Gasteiger partial charge in [0, 0.05) is 16.8 Å². The molecule has 0 aliphatic carbocycles. The molecular weight excluding hydrogens is 296 g/mol. The predicted molar refractivity (Wildman–Crippen MR) is 87.7 cm³/mol. The van der Waals surface area contributed by atoms with Gasteiger partial charge < -0.3 is 14.6 Å². The fourth-order valence-electron chi connectivity index (χ4n) is 2.51. The van der Waals surface area contributed by atoms with Gasteiger partial charge in [0.25, 0.3) is 0 Å². The second-order valence-corrected chi connectivity index (χ2v) is 6.21. The molecule has 1 amide bonds. The molecule has 2 aromatic rings. The van der Waals surface area contributed by atoms with Crippen LogP contribution in [0.15, 0.2) is 58.3 Å². The number of carbonyl (C=O) groups is 2. The van der Waals surface area contributed by atoms with Crippen molar-refractivity contribution in [3.63, 3.8) is 0 Å². The van der Waals surface area contributed by atoms with Crippen LogP contribution in [0.3, 0.4) is 0 Å². The fourth-order valence-corrected chi connectivity index (χ4v) is 3.61. The molecule has 112 valence electrons. The molecular formula is C17H16N2O2S. The molecule has 0 fully saturated rings. The van der Waals surface area contributed by atoms with E-state index in [9.17, 15) is 9.59 Å². The zero-order chi connectivity index (χ0) is 15.5. The lowest BCUT2D eigenvalue weighted by Crippen LogP contribution is -2.41. The number of hydrogen-bond acceptors (Lipinski definition) is 4. The number of amides is 1. The minimum Gasteiger partial charge on any atom is -0.337 e. The van der Waals surface area contributed by atoms with Gasteiger partial charge in [-0.3, -0.25) is 4.79 Å². The van der Waals surface area contributed by atoms with E-state index >= 15 is 0 Å². The number of rotatable bonds is 5. The molecule has 0 N–H and O–H groups in total. The largest absolute Gasteiger partial charge is 0.337 e. The number of para-hydroxylation sites is 2. The lowest BCUT2D eigenvalue weighted by molar-refractivity contribution is -0.123. The zero-order valence-corrected chi connectivity index (χ0v) is 13.0. The maximum absolute atomic E-state index is 11.4. The van der Waals surface area contributed by atoms with Gasteiger partial charge in [-0.1, -0.05) is 36.0 Å². The monoisotopic (exact) mass is 312 g/mol. The molecule has 0 aromatic heterocycles. The van der Waals surface area contributed by atoms with Gasteiger partial charge in [-0.05, 0) is 24.3 Å². The quantitative estimate of drug-likeness (QED) is 0.796. The van der Waals surface area contributed by atoms with E-state index in [-0.39, 0.29) is 0 Å². The lowest BCUT2D eigenvalue weighted by atomic mass is 10.2. The van der Waals surface area contributed by atoms with Crippen molar-refractivity contribution in [2.75, 3.05) is 18.5 Å². The van der Waals surface area contributed by atoms with Crippen molar-refractivity contribution < 1.29 is 9.59 Å². The van der Waals surface area contributed by atoms with Gasteiger partial charge in [0.15, 0.2) is 0 Å². The Hall–Kier alpha value is -2.27. The van der Waals surface area contributed by atoms with Crippen molar-refractivity contribution in [2.24, 2.45) is 0 Å². The Balaban J connectivity index is 2.02. The molecule has 1 heterocycles. The summed E-state index contributed by atoms with van der Waals surface area (Å²) >= 11 is 1.72. The number of hydrogen-bond donors (Lipinski definition) is 0. The summed E-state index contributed by atoms with van der Waals surface area (Å²) in [6, 6.07) is 15.7. The van der Waals surface area contributed by atoms with Gasteiger partial charge in [0.1, 0.15) is 12.3 Å². The third-order valence-electron chi connectivity index (χ3n) is 3.75. The van der Waals surface area contributed by atoms with Gasteiger partial charge in [0.05, 0.1) is 17.9 Å². The topological polar surface area (TPSA) is 40.6 Å². The van der Waals surface area contributed by atoms with Crippen molar-refractivity contribution in [1.82, 2.24) is 4.90 Å². The Morgan fingerprint density at radius 2 is 1.59 bits per heavy atom. The molecule has 2 aromatic carbocycles. The van der Waals surface area contributed by atoms with Gasteiger partial charge in [-0.2, -0.15) is 0 Å². The summed E-state index contributed by atoms with van der Waals surface area (Å²) in [7, 11) is 1.63. The molecule has 22 heavy (non-hydrogen) atoms. The average Bonchev–Trinajstić information content (AvgIpc) is 2.58. The van der Waals surface area contributed by atoms with Gasteiger partial charge in [-0.15, -0.1) is 0 Å². The first kappa shape index (κ1) is 14.7. The van der Waals surface area contributed by atoms with E-state index in [0.717, 1.165) is 27.5 Å². The summed E-state index contributed by atoms with van der Waals surface area (Å²) in [4.78, 5) is 28.2. The molecule has 0 saturated carbocycles. The molecule has 0 radical (unpaired) electrons. The molecule has 1 aliphatic heterocycles. The highest BCUT2D eigenvalue weighted by molar-refractivity contribution is 7.99. The molecule has 0 saturated heterocycles. The van der Waals surface area contributed by atoms with Crippen molar-refractivity contribution in [1.29, 1.82) is 0 Å². The maximum Gasteiger partial charge on any atom is 0.210 e. The molecule has 0 spiro atoms. The van der Waals surface area contributed by atoms with Crippen LogP contribution in [0.1, 0.15) is 0 Å². The number of anilines is 2. The van der Waals surface area contributed by atoms with Gasteiger partial charge >= 0.3 is 0 Å². The lowest BCUT2D eigenvalue weighted by Gasteiger charge is -2.35. The smallest absolute Gasteiger partial charge is 0.210 e. The van der Waals surface area contributed by atoms with Crippen LogP contribution in [0, 0.1) is 0 Å². The predicted octanol–water partition coefficient (Wildman–Crippen LogP) is 2.95. The Labute approximate surface area is 133 Å². The van der Waals surface area contributed by atoms with Crippen molar-refractivity contribution in [3.05, 3.63) is 48.5 Å². The number of likely N-dealkylation sites (N-methyl/N-ethyl adjacent to an activating group) is 1. The fraction of sp³-hybridized carbons (Fsp3) is 0.176. The number of aldehydes is 1. The van der Waals surface area contributed by atoms with E-state index < -0.39 is 6.04 Å². The van der Waals surface area contributed by atoms with E-state index in [1.54, 1.807) is 18.8 Å². The highest BCUT2D eigenvalue weighted by Gasteiger charge is 2.26. The Morgan fingerprint density at radius 3 is 2.09 bits per heavy atom. The first-order valence-corrected chi connectivity index (χ1v) is 7.82.